The predicted molar refractivity (Wildman–Crippen MR) is 415 cm³/mol. The molecule has 37 heteroatoms. The van der Waals surface area contributed by atoms with Gasteiger partial charge in [-0.2, -0.15) is 0 Å². The molecule has 12 heterocycles. The van der Waals surface area contributed by atoms with Crippen LogP contribution in [0.15, 0.2) is 147 Å². The summed E-state index contributed by atoms with van der Waals surface area (Å²) >= 11 is 0. The molecule has 0 aromatic carbocycles. The number of carbonyl (C=O) groups is 12. The molecule has 4 aliphatic rings. The number of hydrogen-bond acceptors (Lipinski definition) is 25. The second-order valence-corrected chi connectivity index (χ2v) is 27.6. The quantitative estimate of drug-likeness (QED) is 0.0761. The van der Waals surface area contributed by atoms with Crippen molar-refractivity contribution in [2.75, 3.05) is 70.4 Å². The molecule has 0 radical (unpaired) electrons. The standard InChI is InChI=1S/3C19H22N6O3.C11H17N3.C8H7N3O4/c3*1-11-2-4-15(12-3-5-16(20)23-8-12)25(10-11)19(28)18(27)24-14-6-13(17(21)26)7-22-9-14;1-8-2-4-10(13-6-8)9-3-5-11(12)14-7-9;9-6(12)4-1-5(3-10-2-4)11-7(13)8(14)15/h3*3,5-9,11,15H,2,4,10H2,1H3,(H2,20,23)(H2,21,26)(H,24,27);3,5,7-8,10,13H,2,4,6H2,1H3,(H2,12,14);1-3H,(H2,9,12)(H,11,13)(H,14,15)/t2*11-,15+;;;/m10.../s1. The number of aliphatic carboxylic acids is 1. The fourth-order valence-electron chi connectivity index (χ4n) is 12.6. The number of primary amides is 4. The zero-order valence-electron chi connectivity index (χ0n) is 62.3. The second-order valence-electron chi connectivity index (χ2n) is 27.6. The molecule has 22 N–H and O–H groups in total. The van der Waals surface area contributed by atoms with E-state index in [4.69, 9.17) is 51.0 Å². The van der Waals surface area contributed by atoms with Crippen LogP contribution in [0.1, 0.15) is 167 Å². The molecule has 0 bridgehead atoms. The predicted octanol–water partition coefficient (Wildman–Crippen LogP) is 4.22. The summed E-state index contributed by atoms with van der Waals surface area (Å²) < 4.78 is 0. The van der Waals surface area contributed by atoms with Crippen molar-refractivity contribution >= 4 is 117 Å². The maximum Gasteiger partial charge on any atom is 0.394 e. The summed E-state index contributed by atoms with van der Waals surface area (Å²) in [5.74, 6) is -6.53. The van der Waals surface area contributed by atoms with Crippen molar-refractivity contribution in [2.45, 2.75) is 103 Å². The molecule has 4 unspecified atom stereocenters. The molecular formula is C76H90N24O13. The maximum absolute atomic E-state index is 12.9. The number of likely N-dealkylation sites (tertiary alicyclic amines) is 3. The molecule has 4 fully saturated rings. The molecule has 8 aromatic rings. The fraction of sp³-hybridized carbons (Fsp3) is 0.316. The molecule has 4 aliphatic heterocycles. The van der Waals surface area contributed by atoms with E-state index in [-0.39, 0.29) is 80.9 Å². The van der Waals surface area contributed by atoms with Gasteiger partial charge in [0.05, 0.1) is 87.9 Å². The molecule has 8 aromatic heterocycles. The lowest BCUT2D eigenvalue weighted by Gasteiger charge is -2.38. The van der Waals surface area contributed by atoms with E-state index in [1.165, 1.54) is 92.2 Å². The van der Waals surface area contributed by atoms with E-state index in [1.807, 2.05) is 56.6 Å². The Bertz CT molecular complexity index is 4390. The summed E-state index contributed by atoms with van der Waals surface area (Å²) in [5, 5.41) is 21.3. The summed E-state index contributed by atoms with van der Waals surface area (Å²) in [6.07, 6.45) is 24.6. The van der Waals surface area contributed by atoms with E-state index in [1.54, 1.807) is 51.5 Å². The number of hydrogen-bond donors (Lipinski definition) is 14. The molecule has 12 rings (SSSR count). The van der Waals surface area contributed by atoms with Gasteiger partial charge in [-0.1, -0.05) is 52.0 Å². The molecule has 0 aliphatic carbocycles. The Labute approximate surface area is 648 Å². The van der Waals surface area contributed by atoms with Crippen molar-refractivity contribution < 1.29 is 62.6 Å². The van der Waals surface area contributed by atoms with Gasteiger partial charge >= 0.3 is 47.3 Å². The number of rotatable bonds is 12. The van der Waals surface area contributed by atoms with Crippen LogP contribution in [0.3, 0.4) is 0 Å². The van der Waals surface area contributed by atoms with E-state index in [9.17, 15) is 57.5 Å². The number of carbonyl (C=O) groups excluding carboxylic acids is 11. The SMILES string of the molecule is CC1CCC(c2ccc(N)nc2)N(C(=O)C(=O)Nc2cncc(C(N)=O)c2)C1.CC1CCC(c2ccc(N)nc2)NC1.C[C@@H]1CC[C@@H](c2ccc(N)nc2)N(C(=O)C(=O)Nc2cncc(C(N)=O)c2)C1.C[C@H]1CC[C@H](c2ccc(N)nc2)N(C(=O)C(=O)Nc2cncc(C(N)=O)c2)C1.NC(=O)c1cncc(NC(=O)C(=O)O)c1. The average Bonchev–Trinajstić information content (AvgIpc) is 0.813. The highest BCUT2D eigenvalue weighted by molar-refractivity contribution is 6.41. The Morgan fingerprint density at radius 2 is 0.619 bits per heavy atom. The number of nitrogens with zero attached hydrogens (tertiary/aromatic N) is 11. The first kappa shape index (κ1) is 84.6. The smallest absolute Gasteiger partial charge is 0.394 e. The molecule has 4 saturated heterocycles. The van der Waals surface area contributed by atoms with E-state index in [0.717, 1.165) is 67.7 Å². The Morgan fingerprint density at radius 1 is 0.354 bits per heavy atom. The lowest BCUT2D eigenvalue weighted by molar-refractivity contribution is -0.147. The van der Waals surface area contributed by atoms with Crippen molar-refractivity contribution in [1.29, 1.82) is 0 Å². The van der Waals surface area contributed by atoms with Gasteiger partial charge in [0.2, 0.25) is 23.6 Å². The lowest BCUT2D eigenvalue weighted by Crippen LogP contribution is -2.46. The third-order valence-electron chi connectivity index (χ3n) is 18.6. The van der Waals surface area contributed by atoms with Crippen LogP contribution in [-0.2, 0) is 38.4 Å². The normalized spacial score (nSPS) is 18.8. The Kier molecular flexibility index (Phi) is 29.9. The van der Waals surface area contributed by atoms with Crippen LogP contribution in [0.25, 0.3) is 0 Å². The van der Waals surface area contributed by atoms with Crippen LogP contribution in [0.4, 0.5) is 46.0 Å². The minimum Gasteiger partial charge on any atom is -0.474 e. The van der Waals surface area contributed by atoms with Crippen molar-refractivity contribution in [2.24, 2.45) is 46.6 Å². The first-order valence-electron chi connectivity index (χ1n) is 35.8. The number of carboxylic acid groups (broad SMARTS) is 1. The van der Waals surface area contributed by atoms with Gasteiger partial charge in [-0.3, -0.25) is 72.7 Å². The third kappa shape index (κ3) is 24.8. The van der Waals surface area contributed by atoms with Crippen molar-refractivity contribution in [3.63, 3.8) is 0 Å². The molecular weight excluding hydrogens is 1460 g/mol. The van der Waals surface area contributed by atoms with Crippen molar-refractivity contribution in [1.82, 2.24) is 59.9 Å². The Morgan fingerprint density at radius 3 is 0.858 bits per heavy atom. The molecule has 0 spiro atoms. The number of aromatic nitrogens is 8. The number of amides is 11. The number of piperidine rings is 4. The molecule has 592 valence electrons. The lowest BCUT2D eigenvalue weighted by atomic mass is 9.90. The van der Waals surface area contributed by atoms with Gasteiger partial charge in [-0.05, 0) is 152 Å². The van der Waals surface area contributed by atoms with Gasteiger partial charge in [0.1, 0.15) is 23.3 Å². The number of anilines is 8. The monoisotopic (exact) mass is 1550 g/mol. The van der Waals surface area contributed by atoms with Crippen molar-refractivity contribution in [3.05, 3.63) is 192 Å². The maximum atomic E-state index is 12.9. The molecule has 8 atom stereocenters. The van der Waals surface area contributed by atoms with Crippen LogP contribution in [0.5, 0.6) is 0 Å². The average molecular weight is 1550 g/mol. The summed E-state index contributed by atoms with van der Waals surface area (Å²) in [5.41, 5.74) is 48.1. The van der Waals surface area contributed by atoms with Crippen LogP contribution in [0.2, 0.25) is 0 Å². The van der Waals surface area contributed by atoms with Gasteiger partial charge in [0, 0.05) is 75.3 Å². The topological polar surface area (TPSA) is 606 Å². The van der Waals surface area contributed by atoms with Crippen LogP contribution in [-0.4, -0.2) is 157 Å². The van der Waals surface area contributed by atoms with Gasteiger partial charge in [-0.15, -0.1) is 0 Å². The highest BCUT2D eigenvalue weighted by Gasteiger charge is 2.38. The minimum absolute atomic E-state index is 0.0817. The molecule has 113 heavy (non-hydrogen) atoms. The van der Waals surface area contributed by atoms with Crippen molar-refractivity contribution in [3.8, 4) is 0 Å². The first-order chi connectivity index (χ1) is 53.8. The summed E-state index contributed by atoms with van der Waals surface area (Å²) in [6, 6.07) is 19.5. The van der Waals surface area contributed by atoms with Crippen LogP contribution >= 0.6 is 0 Å². The number of nitrogens with two attached hydrogens (primary N) is 8. The van der Waals surface area contributed by atoms with Gasteiger partial charge < -0.3 is 92.3 Å². The van der Waals surface area contributed by atoms with E-state index in [0.29, 0.717) is 48.9 Å². The zero-order chi connectivity index (χ0) is 82.2. The number of nitrogen functional groups attached to an aromatic ring is 4. The Balaban J connectivity index is 0.000000182. The van der Waals surface area contributed by atoms with Gasteiger partial charge in [0.25, 0.3) is 0 Å². The molecule has 37 nitrogen and oxygen atoms in total. The Hall–Kier alpha value is -14.0. The second kappa shape index (κ2) is 39.9. The summed E-state index contributed by atoms with van der Waals surface area (Å²) in [7, 11) is 0. The summed E-state index contributed by atoms with van der Waals surface area (Å²) in [4.78, 5) is 178. The molecule has 0 saturated carbocycles. The van der Waals surface area contributed by atoms with Gasteiger partial charge in [-0.25, -0.2) is 24.7 Å². The zero-order valence-corrected chi connectivity index (χ0v) is 62.3. The van der Waals surface area contributed by atoms with Crippen LogP contribution in [0, 0.1) is 23.7 Å². The van der Waals surface area contributed by atoms with E-state index >= 15 is 0 Å². The van der Waals surface area contributed by atoms with E-state index in [2.05, 4.69) is 74.1 Å². The largest absolute Gasteiger partial charge is 0.474 e. The van der Waals surface area contributed by atoms with Crippen LogP contribution < -0.4 is 72.5 Å². The third-order valence-corrected chi connectivity index (χ3v) is 18.6. The molecule has 11 amide bonds. The highest BCUT2D eigenvalue weighted by Crippen LogP contribution is 2.37. The highest BCUT2D eigenvalue weighted by atomic mass is 16.4. The summed E-state index contributed by atoms with van der Waals surface area (Å²) in [6.45, 7) is 10.9. The number of nitrogens with one attached hydrogen (secondary N) is 5. The van der Waals surface area contributed by atoms with Gasteiger partial charge in [0.15, 0.2) is 0 Å². The fourth-order valence-corrected chi connectivity index (χ4v) is 12.6. The minimum atomic E-state index is -1.63. The first-order valence-corrected chi connectivity index (χ1v) is 35.8. The number of pyridine rings is 8. The number of carboxylic acids is 1. The van der Waals surface area contributed by atoms with E-state index < -0.39 is 70.9 Å².